The van der Waals surface area contributed by atoms with Crippen molar-refractivity contribution in [1.29, 1.82) is 0 Å². The van der Waals surface area contributed by atoms with Gasteiger partial charge in [-0.1, -0.05) is 29.8 Å². The standard InChI is InChI=1S/C18H19N3O3/c1-12-5-7-13(8-6-12)14-10-15(21-20-14)17(22)19-11-18(2,23)16-4-3-9-24-16/h3-10,23H,11H2,1-2H3,(H,19,22)(H,20,21). The Balaban J connectivity index is 1.67. The summed E-state index contributed by atoms with van der Waals surface area (Å²) in [6.07, 6.45) is 1.48. The zero-order chi connectivity index (χ0) is 17.2. The summed E-state index contributed by atoms with van der Waals surface area (Å²) < 4.78 is 5.19. The van der Waals surface area contributed by atoms with Gasteiger partial charge in [-0.25, -0.2) is 0 Å². The highest BCUT2D eigenvalue weighted by atomic mass is 16.4. The van der Waals surface area contributed by atoms with E-state index in [-0.39, 0.29) is 12.5 Å². The van der Waals surface area contributed by atoms with Crippen LogP contribution in [0.5, 0.6) is 0 Å². The van der Waals surface area contributed by atoms with Gasteiger partial charge in [0, 0.05) is 5.56 Å². The quantitative estimate of drug-likeness (QED) is 0.672. The fraction of sp³-hybridized carbons (Fsp3) is 0.222. The number of aromatic nitrogens is 2. The third kappa shape index (κ3) is 3.38. The predicted molar refractivity (Wildman–Crippen MR) is 89.4 cm³/mol. The van der Waals surface area contributed by atoms with Crippen molar-refractivity contribution in [3.63, 3.8) is 0 Å². The van der Waals surface area contributed by atoms with Gasteiger partial charge in [0.2, 0.25) is 0 Å². The molecule has 3 aromatic rings. The van der Waals surface area contributed by atoms with Crippen LogP contribution in [0.2, 0.25) is 0 Å². The van der Waals surface area contributed by atoms with Crippen molar-refractivity contribution < 1.29 is 14.3 Å². The Morgan fingerprint density at radius 2 is 2.08 bits per heavy atom. The minimum absolute atomic E-state index is 0.0260. The number of benzene rings is 1. The zero-order valence-corrected chi connectivity index (χ0v) is 13.5. The van der Waals surface area contributed by atoms with Crippen molar-refractivity contribution in [2.24, 2.45) is 0 Å². The molecule has 0 spiro atoms. The van der Waals surface area contributed by atoms with Gasteiger partial charge < -0.3 is 14.8 Å². The van der Waals surface area contributed by atoms with Gasteiger partial charge in [-0.15, -0.1) is 0 Å². The van der Waals surface area contributed by atoms with Crippen LogP contribution in [0.4, 0.5) is 0 Å². The van der Waals surface area contributed by atoms with E-state index in [4.69, 9.17) is 4.42 Å². The molecule has 0 aliphatic rings. The Morgan fingerprint density at radius 3 is 2.75 bits per heavy atom. The first-order valence-electron chi connectivity index (χ1n) is 7.63. The Morgan fingerprint density at radius 1 is 1.33 bits per heavy atom. The van der Waals surface area contributed by atoms with Crippen LogP contribution < -0.4 is 5.32 Å². The molecule has 0 saturated carbocycles. The highest BCUT2D eigenvalue weighted by Gasteiger charge is 2.27. The van der Waals surface area contributed by atoms with E-state index < -0.39 is 5.60 Å². The van der Waals surface area contributed by atoms with E-state index in [2.05, 4.69) is 15.5 Å². The van der Waals surface area contributed by atoms with Crippen molar-refractivity contribution >= 4 is 5.91 Å². The fourth-order valence-electron chi connectivity index (χ4n) is 2.33. The molecule has 1 atom stereocenters. The molecule has 0 aliphatic heterocycles. The van der Waals surface area contributed by atoms with Crippen LogP contribution in [0, 0.1) is 6.92 Å². The van der Waals surface area contributed by atoms with E-state index >= 15 is 0 Å². The average Bonchev–Trinajstić information content (AvgIpc) is 3.25. The summed E-state index contributed by atoms with van der Waals surface area (Å²) in [4.78, 5) is 12.2. The van der Waals surface area contributed by atoms with Crippen molar-refractivity contribution in [1.82, 2.24) is 15.5 Å². The number of aromatic amines is 1. The SMILES string of the molecule is Cc1ccc(-c2cc(C(=O)NCC(C)(O)c3ccco3)[nH]n2)cc1. The van der Waals surface area contributed by atoms with Gasteiger partial charge in [0.25, 0.3) is 5.91 Å². The van der Waals surface area contributed by atoms with Gasteiger partial charge in [0.15, 0.2) is 0 Å². The number of amides is 1. The Kier molecular flexibility index (Phi) is 4.22. The third-order valence-electron chi connectivity index (χ3n) is 3.81. The molecule has 0 bridgehead atoms. The molecule has 3 rings (SSSR count). The highest BCUT2D eigenvalue weighted by molar-refractivity contribution is 5.93. The minimum Gasteiger partial charge on any atom is -0.466 e. The molecule has 1 unspecified atom stereocenters. The van der Waals surface area contributed by atoms with Crippen LogP contribution in [0.25, 0.3) is 11.3 Å². The van der Waals surface area contributed by atoms with Crippen LogP contribution in [-0.4, -0.2) is 27.8 Å². The van der Waals surface area contributed by atoms with E-state index in [1.54, 1.807) is 25.1 Å². The second-order valence-electron chi connectivity index (χ2n) is 5.97. The van der Waals surface area contributed by atoms with Crippen molar-refractivity contribution in [3.05, 3.63) is 65.7 Å². The van der Waals surface area contributed by atoms with Crippen molar-refractivity contribution in [2.75, 3.05) is 6.54 Å². The van der Waals surface area contributed by atoms with Gasteiger partial charge in [-0.05, 0) is 32.0 Å². The summed E-state index contributed by atoms with van der Waals surface area (Å²) in [6, 6.07) is 12.9. The second-order valence-corrected chi connectivity index (χ2v) is 5.97. The summed E-state index contributed by atoms with van der Waals surface area (Å²) in [5, 5.41) is 19.9. The van der Waals surface area contributed by atoms with E-state index in [0.29, 0.717) is 17.1 Å². The lowest BCUT2D eigenvalue weighted by molar-refractivity contribution is 0.0329. The summed E-state index contributed by atoms with van der Waals surface area (Å²) in [6.45, 7) is 3.62. The lowest BCUT2D eigenvalue weighted by Gasteiger charge is -2.20. The molecule has 6 heteroatoms. The summed E-state index contributed by atoms with van der Waals surface area (Å²) in [7, 11) is 0. The molecule has 0 aliphatic carbocycles. The maximum atomic E-state index is 12.2. The normalized spacial score (nSPS) is 13.5. The first kappa shape index (κ1) is 16.0. The molecule has 1 aromatic carbocycles. The summed E-state index contributed by atoms with van der Waals surface area (Å²) in [5.41, 5.74) is 1.84. The molecular formula is C18H19N3O3. The van der Waals surface area contributed by atoms with Gasteiger partial charge in [0.1, 0.15) is 17.1 Å². The molecule has 0 saturated heterocycles. The van der Waals surface area contributed by atoms with Gasteiger partial charge in [-0.3, -0.25) is 9.89 Å². The van der Waals surface area contributed by atoms with Crippen LogP contribution in [0.1, 0.15) is 28.7 Å². The number of rotatable bonds is 5. The molecule has 0 radical (unpaired) electrons. The van der Waals surface area contributed by atoms with E-state index in [9.17, 15) is 9.90 Å². The first-order valence-corrected chi connectivity index (χ1v) is 7.63. The molecule has 2 heterocycles. The molecule has 2 aromatic heterocycles. The van der Waals surface area contributed by atoms with E-state index in [1.165, 1.54) is 6.26 Å². The lowest BCUT2D eigenvalue weighted by atomic mass is 10.0. The number of aliphatic hydroxyl groups is 1. The largest absolute Gasteiger partial charge is 0.466 e. The van der Waals surface area contributed by atoms with Gasteiger partial charge >= 0.3 is 0 Å². The van der Waals surface area contributed by atoms with Crippen LogP contribution >= 0.6 is 0 Å². The molecule has 124 valence electrons. The van der Waals surface area contributed by atoms with Crippen LogP contribution in [-0.2, 0) is 5.60 Å². The number of carbonyl (C=O) groups excluding carboxylic acids is 1. The smallest absolute Gasteiger partial charge is 0.269 e. The van der Waals surface area contributed by atoms with E-state index in [1.807, 2.05) is 31.2 Å². The Hall–Kier alpha value is -2.86. The molecule has 6 nitrogen and oxygen atoms in total. The number of hydrogen-bond donors (Lipinski definition) is 3. The number of aryl methyl sites for hydroxylation is 1. The molecule has 0 fully saturated rings. The maximum absolute atomic E-state index is 12.2. The van der Waals surface area contributed by atoms with Crippen LogP contribution in [0.3, 0.4) is 0 Å². The average molecular weight is 325 g/mol. The molecule has 24 heavy (non-hydrogen) atoms. The molecule has 3 N–H and O–H groups in total. The summed E-state index contributed by atoms with van der Waals surface area (Å²) >= 11 is 0. The number of nitrogens with zero attached hydrogens (tertiary/aromatic N) is 1. The monoisotopic (exact) mass is 325 g/mol. The van der Waals surface area contributed by atoms with Gasteiger partial charge in [0.05, 0.1) is 18.5 Å². The zero-order valence-electron chi connectivity index (χ0n) is 13.5. The number of carbonyl (C=O) groups is 1. The highest BCUT2D eigenvalue weighted by Crippen LogP contribution is 2.21. The fourth-order valence-corrected chi connectivity index (χ4v) is 2.33. The van der Waals surface area contributed by atoms with Crippen LogP contribution in [0.15, 0.2) is 53.1 Å². The topological polar surface area (TPSA) is 91.1 Å². The van der Waals surface area contributed by atoms with E-state index in [0.717, 1.165) is 11.1 Å². The molecular weight excluding hydrogens is 306 g/mol. The Bertz CT molecular complexity index is 818. The lowest BCUT2D eigenvalue weighted by Crippen LogP contribution is -2.38. The maximum Gasteiger partial charge on any atom is 0.269 e. The van der Waals surface area contributed by atoms with Crippen molar-refractivity contribution in [2.45, 2.75) is 19.4 Å². The van der Waals surface area contributed by atoms with Crippen molar-refractivity contribution in [3.8, 4) is 11.3 Å². The number of nitrogens with one attached hydrogen (secondary N) is 2. The number of furan rings is 1. The third-order valence-corrected chi connectivity index (χ3v) is 3.81. The predicted octanol–water partition coefficient (Wildman–Crippen LogP) is 2.62. The number of hydrogen-bond acceptors (Lipinski definition) is 4. The Labute approximate surface area is 139 Å². The second kappa shape index (κ2) is 6.33. The minimum atomic E-state index is -1.28. The number of H-pyrrole nitrogens is 1. The first-order chi connectivity index (χ1) is 11.5. The van der Waals surface area contributed by atoms with Gasteiger partial charge in [-0.2, -0.15) is 5.10 Å². The summed E-state index contributed by atoms with van der Waals surface area (Å²) in [5.74, 6) is 0.0560. The molecule has 1 amide bonds.